The predicted molar refractivity (Wildman–Crippen MR) is 135 cm³/mol. The van der Waals surface area contributed by atoms with Crippen LogP contribution in [0.15, 0.2) is 73.1 Å². The van der Waals surface area contributed by atoms with Crippen molar-refractivity contribution in [3.05, 3.63) is 89.9 Å². The van der Waals surface area contributed by atoms with Crippen LogP contribution in [0.2, 0.25) is 0 Å². The third-order valence-electron chi connectivity index (χ3n) is 7.05. The molecule has 1 saturated heterocycles. The van der Waals surface area contributed by atoms with E-state index in [1.165, 1.54) is 16.6 Å². The molecule has 4 aromatic rings. The molecule has 0 aliphatic carbocycles. The summed E-state index contributed by atoms with van der Waals surface area (Å²) in [6, 6.07) is 21.0. The van der Waals surface area contributed by atoms with Gasteiger partial charge in [-0.25, -0.2) is 0 Å². The van der Waals surface area contributed by atoms with Gasteiger partial charge in [0, 0.05) is 48.5 Å². The van der Waals surface area contributed by atoms with Crippen molar-refractivity contribution in [3.8, 4) is 5.75 Å². The molecule has 0 spiro atoms. The van der Waals surface area contributed by atoms with Gasteiger partial charge >= 0.3 is 0 Å². The molecule has 176 valence electrons. The summed E-state index contributed by atoms with van der Waals surface area (Å²) in [5.74, 6) is 0.930. The van der Waals surface area contributed by atoms with Crippen LogP contribution in [0.25, 0.3) is 10.9 Å². The molecule has 1 fully saturated rings. The van der Waals surface area contributed by atoms with Crippen molar-refractivity contribution < 1.29 is 9.53 Å². The number of aromatic nitrogens is 2. The fourth-order valence-corrected chi connectivity index (χ4v) is 5.25. The summed E-state index contributed by atoms with van der Waals surface area (Å²) in [7, 11) is 3.75. The Morgan fingerprint density at radius 3 is 2.74 bits per heavy atom. The molecule has 3 heterocycles. The number of ether oxygens (including phenoxy) is 1. The number of benzene rings is 2. The Labute approximate surface area is 200 Å². The van der Waals surface area contributed by atoms with Gasteiger partial charge in [-0.1, -0.05) is 30.3 Å². The fraction of sp³-hybridized carbons (Fsp3) is 0.321. The van der Waals surface area contributed by atoms with E-state index in [2.05, 4.69) is 81.7 Å². The fourth-order valence-electron chi connectivity index (χ4n) is 5.25. The van der Waals surface area contributed by atoms with Crippen molar-refractivity contribution in [1.29, 1.82) is 0 Å². The summed E-state index contributed by atoms with van der Waals surface area (Å²) >= 11 is 0. The number of aryl methyl sites for hydroxylation is 1. The molecule has 1 aliphatic heterocycles. The molecule has 2 atom stereocenters. The van der Waals surface area contributed by atoms with E-state index in [9.17, 15) is 4.79 Å². The molecule has 34 heavy (non-hydrogen) atoms. The monoisotopic (exact) mass is 456 g/mol. The molecule has 0 bridgehead atoms. The number of para-hydroxylation sites is 1. The Bertz CT molecular complexity index is 1260. The first kappa shape index (κ1) is 22.3. The Kier molecular flexibility index (Phi) is 6.41. The molecule has 5 rings (SSSR count). The zero-order valence-electron chi connectivity index (χ0n) is 19.8. The number of rotatable bonds is 8. The number of carbonyl (C=O) groups is 1. The van der Waals surface area contributed by atoms with Crippen LogP contribution in [0.4, 0.5) is 0 Å². The second-order valence-corrected chi connectivity index (χ2v) is 9.09. The molecule has 6 nitrogen and oxygen atoms in total. The lowest BCUT2D eigenvalue weighted by atomic mass is 9.90. The van der Waals surface area contributed by atoms with Crippen LogP contribution < -0.4 is 10.1 Å². The number of amides is 1. The molecular weight excluding hydrogens is 424 g/mol. The maximum atomic E-state index is 13.1. The summed E-state index contributed by atoms with van der Waals surface area (Å²) in [6.45, 7) is 1.91. The summed E-state index contributed by atoms with van der Waals surface area (Å²) in [6.07, 6.45) is 6.35. The van der Waals surface area contributed by atoms with E-state index in [4.69, 9.17) is 4.74 Å². The lowest BCUT2D eigenvalue weighted by molar-refractivity contribution is -0.122. The largest absolute Gasteiger partial charge is 0.497 e. The van der Waals surface area contributed by atoms with Crippen molar-refractivity contribution in [2.24, 2.45) is 7.05 Å². The highest BCUT2D eigenvalue weighted by Gasteiger charge is 2.29. The molecule has 1 amide bonds. The molecule has 0 unspecified atom stereocenters. The molecule has 2 N–H and O–H groups in total. The van der Waals surface area contributed by atoms with Crippen LogP contribution in [0, 0.1) is 0 Å². The second kappa shape index (κ2) is 9.77. The van der Waals surface area contributed by atoms with E-state index in [1.807, 2.05) is 18.2 Å². The third kappa shape index (κ3) is 4.46. The highest BCUT2D eigenvalue weighted by atomic mass is 16.5. The zero-order valence-corrected chi connectivity index (χ0v) is 19.8. The maximum absolute atomic E-state index is 13.1. The smallest absolute Gasteiger partial charge is 0.234 e. The number of aromatic amines is 1. The molecule has 1 aliphatic rings. The zero-order chi connectivity index (χ0) is 23.5. The van der Waals surface area contributed by atoms with E-state index in [1.54, 1.807) is 7.11 Å². The SMILES string of the molecule is COc1ccc([C@@H](CNC(=O)CN2CCC[C@H]2c2cccn2C)c2c[nH]c3ccccc23)cc1. The molecule has 0 saturated carbocycles. The minimum atomic E-state index is 0.0354. The van der Waals surface area contributed by atoms with Crippen molar-refractivity contribution in [1.82, 2.24) is 19.8 Å². The predicted octanol–water partition coefficient (Wildman–Crippen LogP) is 4.60. The van der Waals surface area contributed by atoms with Gasteiger partial charge in [0.1, 0.15) is 5.75 Å². The molecule has 2 aromatic heterocycles. The Morgan fingerprint density at radius 2 is 1.97 bits per heavy atom. The highest BCUT2D eigenvalue weighted by Crippen LogP contribution is 2.33. The molecular formula is C28H32N4O2. The van der Waals surface area contributed by atoms with Crippen molar-refractivity contribution >= 4 is 16.8 Å². The Morgan fingerprint density at radius 1 is 1.15 bits per heavy atom. The van der Waals surface area contributed by atoms with Gasteiger partial charge in [-0.2, -0.15) is 0 Å². The average molecular weight is 457 g/mol. The number of methoxy groups -OCH3 is 1. The molecule has 0 radical (unpaired) electrons. The van der Waals surface area contributed by atoms with Gasteiger partial charge in [-0.3, -0.25) is 9.69 Å². The molecule has 2 aromatic carbocycles. The normalized spacial score (nSPS) is 17.2. The number of fused-ring (bicyclic) bond motifs is 1. The second-order valence-electron chi connectivity index (χ2n) is 9.09. The van der Waals surface area contributed by atoms with Crippen LogP contribution in [-0.2, 0) is 11.8 Å². The van der Waals surface area contributed by atoms with Gasteiger partial charge in [0.05, 0.1) is 19.7 Å². The van der Waals surface area contributed by atoms with Gasteiger partial charge in [0.25, 0.3) is 0 Å². The lowest BCUT2D eigenvalue weighted by Crippen LogP contribution is -2.39. The first-order valence-corrected chi connectivity index (χ1v) is 12.0. The summed E-state index contributed by atoms with van der Waals surface area (Å²) in [4.78, 5) is 18.8. The van der Waals surface area contributed by atoms with E-state index in [0.29, 0.717) is 19.1 Å². The quantitative estimate of drug-likeness (QED) is 0.407. The van der Waals surface area contributed by atoms with Crippen LogP contribution in [0.3, 0.4) is 0 Å². The van der Waals surface area contributed by atoms with Crippen molar-refractivity contribution in [2.45, 2.75) is 24.8 Å². The first-order chi connectivity index (χ1) is 16.6. The van der Waals surface area contributed by atoms with Crippen LogP contribution in [0.5, 0.6) is 5.75 Å². The van der Waals surface area contributed by atoms with E-state index >= 15 is 0 Å². The van der Waals surface area contributed by atoms with Gasteiger partial charge in [-0.15, -0.1) is 0 Å². The average Bonchev–Trinajstić information content (AvgIpc) is 3.60. The van der Waals surface area contributed by atoms with E-state index < -0.39 is 0 Å². The summed E-state index contributed by atoms with van der Waals surface area (Å²) in [5, 5.41) is 4.42. The van der Waals surface area contributed by atoms with Gasteiger partial charge in [0.15, 0.2) is 0 Å². The number of likely N-dealkylation sites (tertiary alicyclic amines) is 1. The van der Waals surface area contributed by atoms with Crippen LogP contribution in [-0.4, -0.2) is 47.1 Å². The Balaban J connectivity index is 1.33. The van der Waals surface area contributed by atoms with Crippen molar-refractivity contribution in [2.75, 3.05) is 26.7 Å². The molecule has 6 heteroatoms. The summed E-state index contributed by atoms with van der Waals surface area (Å²) in [5.41, 5.74) is 4.71. The minimum absolute atomic E-state index is 0.0354. The first-order valence-electron chi connectivity index (χ1n) is 12.0. The van der Waals surface area contributed by atoms with Gasteiger partial charge in [0.2, 0.25) is 5.91 Å². The third-order valence-corrected chi connectivity index (χ3v) is 7.05. The number of hydrogen-bond donors (Lipinski definition) is 2. The topological polar surface area (TPSA) is 62.3 Å². The number of carbonyl (C=O) groups excluding carboxylic acids is 1. The van der Waals surface area contributed by atoms with Gasteiger partial charge < -0.3 is 19.6 Å². The van der Waals surface area contributed by atoms with E-state index in [-0.39, 0.29) is 11.8 Å². The van der Waals surface area contributed by atoms with Crippen LogP contribution >= 0.6 is 0 Å². The van der Waals surface area contributed by atoms with Crippen molar-refractivity contribution in [3.63, 3.8) is 0 Å². The highest BCUT2D eigenvalue weighted by molar-refractivity contribution is 5.84. The van der Waals surface area contributed by atoms with E-state index in [0.717, 1.165) is 36.2 Å². The summed E-state index contributed by atoms with van der Waals surface area (Å²) < 4.78 is 7.51. The van der Waals surface area contributed by atoms with Crippen LogP contribution in [0.1, 0.15) is 41.6 Å². The number of nitrogens with zero attached hydrogens (tertiary/aromatic N) is 2. The lowest BCUT2D eigenvalue weighted by Gasteiger charge is -2.25. The number of H-pyrrole nitrogens is 1. The number of nitrogens with one attached hydrogen (secondary N) is 2. The number of hydrogen-bond acceptors (Lipinski definition) is 3. The Hall–Kier alpha value is -3.51. The minimum Gasteiger partial charge on any atom is -0.497 e. The van der Waals surface area contributed by atoms with Gasteiger partial charge in [-0.05, 0) is 60.8 Å². The standard InChI is InChI=1S/C28H32N4O2/c1-31-15-5-9-26(31)27-10-6-16-32(27)19-28(33)30-17-23(20-11-13-21(34-2)14-12-20)24-18-29-25-8-4-3-7-22(24)25/h3-5,7-9,11-15,18,23,27,29H,6,10,16-17,19H2,1-2H3,(H,30,33)/t23-,27+/m1/s1. The maximum Gasteiger partial charge on any atom is 0.234 e.